The van der Waals surface area contributed by atoms with E-state index in [-0.39, 0.29) is 36.6 Å². The number of sulfonamides is 1. The van der Waals surface area contributed by atoms with Gasteiger partial charge >= 0.3 is 5.97 Å². The van der Waals surface area contributed by atoms with E-state index in [4.69, 9.17) is 16.3 Å². The Morgan fingerprint density at radius 2 is 1.76 bits per heavy atom. The quantitative estimate of drug-likeness (QED) is 0.411. The molecule has 1 aliphatic rings. The van der Waals surface area contributed by atoms with Crippen LogP contribution in [0.25, 0.3) is 0 Å². The average molecular weight is 493 g/mol. The fraction of sp³-hybridized carbons (Fsp3) is 0.417. The van der Waals surface area contributed by atoms with E-state index >= 15 is 0 Å². The molecular weight excluding hydrogens is 464 g/mol. The largest absolute Gasteiger partial charge is 0.462 e. The van der Waals surface area contributed by atoms with Crippen LogP contribution in [0.2, 0.25) is 5.02 Å². The molecule has 0 radical (unpaired) electrons. The van der Waals surface area contributed by atoms with Crippen molar-refractivity contribution in [3.63, 3.8) is 0 Å². The van der Waals surface area contributed by atoms with Gasteiger partial charge in [-0.25, -0.2) is 17.5 Å². The summed E-state index contributed by atoms with van der Waals surface area (Å²) in [7, 11) is -3.52. The summed E-state index contributed by atoms with van der Waals surface area (Å²) >= 11 is 6.10. The number of halogens is 1. The first-order valence-electron chi connectivity index (χ1n) is 11.1. The summed E-state index contributed by atoms with van der Waals surface area (Å²) < 4.78 is 32.2. The predicted molar refractivity (Wildman–Crippen MR) is 129 cm³/mol. The molecule has 0 spiro atoms. The molecule has 1 saturated heterocycles. The molecular formula is C24H29ClN2O5S. The van der Waals surface area contributed by atoms with E-state index in [2.05, 4.69) is 5.32 Å². The minimum absolute atomic E-state index is 0.156. The van der Waals surface area contributed by atoms with Crippen LogP contribution in [-0.2, 0) is 25.3 Å². The summed E-state index contributed by atoms with van der Waals surface area (Å²) in [6, 6.07) is 13.5. The molecule has 1 amide bonds. The molecule has 0 aliphatic carbocycles. The van der Waals surface area contributed by atoms with Gasteiger partial charge < -0.3 is 10.1 Å². The molecule has 0 unspecified atom stereocenters. The highest BCUT2D eigenvalue weighted by molar-refractivity contribution is 7.88. The number of nitrogens with one attached hydrogen (secondary N) is 1. The number of rotatable bonds is 9. The number of benzene rings is 2. The van der Waals surface area contributed by atoms with Crippen LogP contribution in [0.4, 0.5) is 5.69 Å². The second-order valence-corrected chi connectivity index (χ2v) is 10.5. The van der Waals surface area contributed by atoms with E-state index in [9.17, 15) is 18.0 Å². The van der Waals surface area contributed by atoms with Crippen LogP contribution in [0.1, 0.15) is 48.5 Å². The highest BCUT2D eigenvalue weighted by atomic mass is 35.5. The van der Waals surface area contributed by atoms with Crippen molar-refractivity contribution in [2.45, 2.75) is 38.4 Å². The summed E-state index contributed by atoms with van der Waals surface area (Å²) in [4.78, 5) is 24.6. The van der Waals surface area contributed by atoms with E-state index in [1.165, 1.54) is 4.31 Å². The Morgan fingerprint density at radius 1 is 1.09 bits per heavy atom. The SMILES string of the molecule is CCCCOC(=O)c1ccc(NC(=O)C2CCN(S(=O)(=O)Cc3ccccc3Cl)CC2)cc1. The lowest BCUT2D eigenvalue weighted by Crippen LogP contribution is -2.41. The number of piperidine rings is 1. The summed E-state index contributed by atoms with van der Waals surface area (Å²) in [6.07, 6.45) is 2.65. The molecule has 33 heavy (non-hydrogen) atoms. The van der Waals surface area contributed by atoms with E-state index in [1.807, 2.05) is 6.92 Å². The number of hydrogen-bond acceptors (Lipinski definition) is 5. The lowest BCUT2D eigenvalue weighted by molar-refractivity contribution is -0.120. The Hall–Kier alpha value is -2.42. The normalized spacial score (nSPS) is 15.2. The topological polar surface area (TPSA) is 92.8 Å². The summed E-state index contributed by atoms with van der Waals surface area (Å²) in [5.41, 5.74) is 1.58. The highest BCUT2D eigenvalue weighted by Crippen LogP contribution is 2.25. The van der Waals surface area contributed by atoms with E-state index in [0.717, 1.165) is 12.8 Å². The molecule has 0 saturated carbocycles. The number of anilines is 1. The van der Waals surface area contributed by atoms with Gasteiger partial charge in [0, 0.05) is 29.7 Å². The van der Waals surface area contributed by atoms with Crippen molar-refractivity contribution in [1.82, 2.24) is 4.31 Å². The minimum atomic E-state index is -3.52. The van der Waals surface area contributed by atoms with Crippen LogP contribution in [0.5, 0.6) is 0 Å². The fourth-order valence-corrected chi connectivity index (χ4v) is 5.50. The fourth-order valence-electron chi connectivity index (χ4n) is 3.63. The molecule has 0 bridgehead atoms. The van der Waals surface area contributed by atoms with E-state index < -0.39 is 10.0 Å². The third-order valence-electron chi connectivity index (χ3n) is 5.63. The van der Waals surface area contributed by atoms with Gasteiger partial charge in [-0.15, -0.1) is 0 Å². The number of hydrogen-bond donors (Lipinski definition) is 1. The summed E-state index contributed by atoms with van der Waals surface area (Å²) in [5.74, 6) is -0.977. The van der Waals surface area contributed by atoms with Gasteiger partial charge in [-0.3, -0.25) is 4.79 Å². The standard InChI is InChI=1S/C24H29ClN2O5S/c1-2-3-16-32-24(29)19-8-10-21(11-9-19)26-23(28)18-12-14-27(15-13-18)33(30,31)17-20-6-4-5-7-22(20)25/h4-11,18H,2-3,12-17H2,1H3,(H,26,28). The van der Waals surface area contributed by atoms with Crippen molar-refractivity contribution in [3.8, 4) is 0 Å². The highest BCUT2D eigenvalue weighted by Gasteiger charge is 2.31. The van der Waals surface area contributed by atoms with Crippen LogP contribution in [0.15, 0.2) is 48.5 Å². The summed E-state index contributed by atoms with van der Waals surface area (Å²) in [5, 5.41) is 3.28. The smallest absolute Gasteiger partial charge is 0.338 e. The maximum atomic E-state index is 12.8. The van der Waals surface area contributed by atoms with Gasteiger partial charge in [0.05, 0.1) is 17.9 Å². The zero-order chi connectivity index (χ0) is 23.8. The average Bonchev–Trinajstić information content (AvgIpc) is 2.81. The molecule has 2 aromatic rings. The third kappa shape index (κ3) is 7.03. The number of ether oxygens (including phenoxy) is 1. The molecule has 1 aliphatic heterocycles. The maximum absolute atomic E-state index is 12.8. The molecule has 9 heteroatoms. The van der Waals surface area contributed by atoms with Gasteiger partial charge in [0.1, 0.15) is 0 Å². The van der Waals surface area contributed by atoms with Crippen LogP contribution in [0.3, 0.4) is 0 Å². The zero-order valence-electron chi connectivity index (χ0n) is 18.6. The first-order chi connectivity index (χ1) is 15.8. The molecule has 1 fully saturated rings. The van der Waals surface area contributed by atoms with Crippen molar-refractivity contribution in [1.29, 1.82) is 0 Å². The van der Waals surface area contributed by atoms with Crippen molar-refractivity contribution in [2.75, 3.05) is 25.0 Å². The lowest BCUT2D eigenvalue weighted by Gasteiger charge is -2.30. The molecule has 7 nitrogen and oxygen atoms in total. The number of nitrogens with zero attached hydrogens (tertiary/aromatic N) is 1. The first kappa shape index (κ1) is 25.2. The number of unbranched alkanes of at least 4 members (excludes halogenated alkanes) is 1. The Labute approximate surface area is 200 Å². The maximum Gasteiger partial charge on any atom is 0.338 e. The van der Waals surface area contributed by atoms with Crippen LogP contribution in [-0.4, -0.2) is 44.3 Å². The molecule has 0 atom stereocenters. The monoisotopic (exact) mass is 492 g/mol. The van der Waals surface area contributed by atoms with Crippen LogP contribution < -0.4 is 5.32 Å². The molecule has 0 aromatic heterocycles. The number of carbonyl (C=O) groups is 2. The second kappa shape index (κ2) is 11.6. The molecule has 178 valence electrons. The molecule has 2 aromatic carbocycles. The van der Waals surface area contributed by atoms with Crippen molar-refractivity contribution in [3.05, 3.63) is 64.7 Å². The number of esters is 1. The minimum Gasteiger partial charge on any atom is -0.462 e. The lowest BCUT2D eigenvalue weighted by atomic mass is 9.97. The zero-order valence-corrected chi connectivity index (χ0v) is 20.2. The molecule has 1 heterocycles. The van der Waals surface area contributed by atoms with Crippen LogP contribution in [0, 0.1) is 5.92 Å². The van der Waals surface area contributed by atoms with Crippen molar-refractivity contribution < 1.29 is 22.7 Å². The van der Waals surface area contributed by atoms with E-state index in [0.29, 0.717) is 41.3 Å². The Bertz CT molecular complexity index is 1060. The van der Waals surface area contributed by atoms with Gasteiger partial charge in [-0.1, -0.05) is 43.1 Å². The number of carbonyl (C=O) groups excluding carboxylic acids is 2. The molecule has 1 N–H and O–H groups in total. The second-order valence-electron chi connectivity index (χ2n) is 8.08. The number of amides is 1. The van der Waals surface area contributed by atoms with Crippen molar-refractivity contribution in [2.24, 2.45) is 5.92 Å². The first-order valence-corrected chi connectivity index (χ1v) is 13.1. The van der Waals surface area contributed by atoms with Gasteiger partial charge in [-0.05, 0) is 55.2 Å². The van der Waals surface area contributed by atoms with Crippen molar-refractivity contribution >= 4 is 39.2 Å². The Balaban J connectivity index is 1.50. The predicted octanol–water partition coefficient (Wildman–Crippen LogP) is 4.48. The van der Waals surface area contributed by atoms with Gasteiger partial charge in [0.2, 0.25) is 15.9 Å². The summed E-state index contributed by atoms with van der Waals surface area (Å²) in [6.45, 7) is 2.98. The Morgan fingerprint density at radius 3 is 2.39 bits per heavy atom. The van der Waals surface area contributed by atoms with Gasteiger partial charge in [0.15, 0.2) is 0 Å². The third-order valence-corrected chi connectivity index (χ3v) is 7.83. The van der Waals surface area contributed by atoms with Crippen LogP contribution >= 0.6 is 11.6 Å². The Kier molecular flexibility index (Phi) is 8.88. The van der Waals surface area contributed by atoms with E-state index in [1.54, 1.807) is 48.5 Å². The molecule has 3 rings (SSSR count). The van der Waals surface area contributed by atoms with Gasteiger partial charge in [0.25, 0.3) is 0 Å². The van der Waals surface area contributed by atoms with Gasteiger partial charge in [-0.2, -0.15) is 0 Å².